The summed E-state index contributed by atoms with van der Waals surface area (Å²) in [5, 5.41) is 8.91. The minimum atomic E-state index is -0.688. The van der Waals surface area contributed by atoms with Gasteiger partial charge in [-0.1, -0.05) is 24.3 Å². The summed E-state index contributed by atoms with van der Waals surface area (Å²) in [6.45, 7) is 5.19. The Labute approximate surface area is 243 Å². The van der Waals surface area contributed by atoms with Crippen molar-refractivity contribution in [2.24, 2.45) is 0 Å². The van der Waals surface area contributed by atoms with E-state index in [1.54, 1.807) is 7.11 Å². The number of pyridine rings is 1. The van der Waals surface area contributed by atoms with Gasteiger partial charge >= 0.3 is 0 Å². The van der Waals surface area contributed by atoms with Crippen molar-refractivity contribution in [3.8, 4) is 5.75 Å². The number of benzene rings is 2. The zero-order valence-corrected chi connectivity index (χ0v) is 23.7. The van der Waals surface area contributed by atoms with Gasteiger partial charge in [-0.15, -0.1) is 0 Å². The SMILES string of the molecule is COc1ccc(CNc2ccc3ccc(NCC4=C[C@@H](n5ccc6c(N)ncnc65)[C@@H]5OC(C)(C)O[C@H]45)cc3n2)cc1. The molecule has 10 heteroatoms. The van der Waals surface area contributed by atoms with E-state index in [4.69, 9.17) is 24.9 Å². The second-order valence-electron chi connectivity index (χ2n) is 11.1. The monoisotopic (exact) mass is 563 g/mol. The largest absolute Gasteiger partial charge is 0.497 e. The van der Waals surface area contributed by atoms with E-state index in [1.807, 2.05) is 56.4 Å². The fourth-order valence-corrected chi connectivity index (χ4v) is 5.83. The van der Waals surface area contributed by atoms with E-state index in [0.29, 0.717) is 18.9 Å². The van der Waals surface area contributed by atoms with Crippen LogP contribution in [-0.2, 0) is 16.0 Å². The molecule has 0 amide bonds. The summed E-state index contributed by atoms with van der Waals surface area (Å²) in [6, 6.07) is 20.2. The third-order valence-corrected chi connectivity index (χ3v) is 7.90. The minimum Gasteiger partial charge on any atom is -0.497 e. The van der Waals surface area contributed by atoms with Crippen LogP contribution in [0.15, 0.2) is 84.8 Å². The third-order valence-electron chi connectivity index (χ3n) is 7.90. The lowest BCUT2D eigenvalue weighted by Gasteiger charge is -2.22. The molecule has 4 heterocycles. The molecule has 42 heavy (non-hydrogen) atoms. The summed E-state index contributed by atoms with van der Waals surface area (Å²) in [5.74, 6) is 1.44. The van der Waals surface area contributed by atoms with Gasteiger partial charge in [0.25, 0.3) is 0 Å². The Morgan fingerprint density at radius 3 is 2.64 bits per heavy atom. The van der Waals surface area contributed by atoms with Crippen molar-refractivity contribution in [2.75, 3.05) is 30.0 Å². The topological polar surface area (TPSA) is 121 Å². The number of hydrogen-bond donors (Lipinski definition) is 3. The molecule has 0 bridgehead atoms. The Bertz CT molecular complexity index is 1800. The van der Waals surface area contributed by atoms with E-state index in [2.05, 4.69) is 55.5 Å². The molecular weight excluding hydrogens is 530 g/mol. The minimum absolute atomic E-state index is 0.0852. The maximum atomic E-state index is 6.39. The molecule has 0 radical (unpaired) electrons. The molecule has 7 rings (SSSR count). The predicted molar refractivity (Wildman–Crippen MR) is 163 cm³/mol. The van der Waals surface area contributed by atoms with Crippen LogP contribution in [0.5, 0.6) is 5.75 Å². The highest BCUT2D eigenvalue weighted by Gasteiger charge is 2.50. The van der Waals surface area contributed by atoms with Crippen LogP contribution in [-0.4, -0.2) is 51.2 Å². The van der Waals surface area contributed by atoms with Crippen molar-refractivity contribution >= 4 is 39.3 Å². The van der Waals surface area contributed by atoms with E-state index in [9.17, 15) is 0 Å². The Hall–Kier alpha value is -4.67. The molecule has 1 aliphatic carbocycles. The van der Waals surface area contributed by atoms with Crippen molar-refractivity contribution in [1.29, 1.82) is 0 Å². The van der Waals surface area contributed by atoms with Crippen molar-refractivity contribution in [3.05, 3.63) is 90.4 Å². The molecule has 10 nitrogen and oxygen atoms in total. The lowest BCUT2D eigenvalue weighted by molar-refractivity contribution is -0.147. The van der Waals surface area contributed by atoms with Crippen LogP contribution in [0.4, 0.5) is 17.3 Å². The van der Waals surface area contributed by atoms with E-state index < -0.39 is 5.79 Å². The summed E-state index contributed by atoms with van der Waals surface area (Å²) in [6.07, 6.45) is 5.35. The second kappa shape index (κ2) is 10.3. The van der Waals surface area contributed by atoms with Crippen LogP contribution in [0.3, 0.4) is 0 Å². The van der Waals surface area contributed by atoms with Crippen LogP contribution in [0.1, 0.15) is 25.5 Å². The normalized spacial score (nSPS) is 20.9. The van der Waals surface area contributed by atoms with Crippen molar-refractivity contribution < 1.29 is 14.2 Å². The van der Waals surface area contributed by atoms with Crippen LogP contribution in [0.2, 0.25) is 0 Å². The fraction of sp³-hybridized carbons (Fsp3) is 0.281. The number of rotatable bonds is 8. The molecule has 3 aromatic heterocycles. The molecule has 2 aliphatic rings. The maximum absolute atomic E-state index is 6.39. The van der Waals surface area contributed by atoms with Gasteiger partial charge in [-0.25, -0.2) is 15.0 Å². The van der Waals surface area contributed by atoms with Gasteiger partial charge in [0, 0.05) is 30.4 Å². The van der Waals surface area contributed by atoms with Gasteiger partial charge in [0.1, 0.15) is 41.6 Å². The number of anilines is 3. The highest BCUT2D eigenvalue weighted by atomic mass is 16.8. The standard InChI is InChI=1S/C32H33N7O3/c1-32(2)41-28-21(14-26(29(28)42-32)39-13-12-24-30(33)36-18-37-31(24)39)17-34-22-8-6-20-7-11-27(38-25(20)15-22)35-16-19-4-9-23(40-3)10-5-19/h4-15,18,26,28-29,34H,16-17H2,1-3H3,(H,35,38)(H2,33,36,37)/t26-,28-,29+/m1/s1. The number of nitrogens with one attached hydrogen (secondary N) is 2. The molecule has 4 N–H and O–H groups in total. The van der Waals surface area contributed by atoms with E-state index in [-0.39, 0.29) is 18.2 Å². The quantitative estimate of drug-likeness (QED) is 0.216. The Balaban J connectivity index is 1.09. The molecule has 0 spiro atoms. The molecule has 3 atom stereocenters. The van der Waals surface area contributed by atoms with Crippen molar-refractivity contribution in [3.63, 3.8) is 0 Å². The van der Waals surface area contributed by atoms with Gasteiger partial charge in [0.2, 0.25) is 0 Å². The summed E-state index contributed by atoms with van der Waals surface area (Å²) < 4.78 is 20.1. The lowest BCUT2D eigenvalue weighted by atomic mass is 10.1. The molecule has 2 aromatic carbocycles. The Morgan fingerprint density at radius 1 is 0.976 bits per heavy atom. The van der Waals surface area contributed by atoms with Gasteiger partial charge < -0.3 is 35.1 Å². The Morgan fingerprint density at radius 2 is 1.81 bits per heavy atom. The average molecular weight is 564 g/mol. The smallest absolute Gasteiger partial charge is 0.164 e. The highest BCUT2D eigenvalue weighted by Crippen LogP contribution is 2.44. The number of nitrogen functional groups attached to an aromatic ring is 1. The van der Waals surface area contributed by atoms with Crippen LogP contribution in [0.25, 0.3) is 21.9 Å². The number of methoxy groups -OCH3 is 1. The first-order chi connectivity index (χ1) is 20.4. The maximum Gasteiger partial charge on any atom is 0.164 e. The number of aromatic nitrogens is 4. The Kier molecular flexibility index (Phi) is 6.44. The molecule has 1 aliphatic heterocycles. The van der Waals surface area contributed by atoms with Gasteiger partial charge in [-0.3, -0.25) is 0 Å². The molecule has 1 saturated heterocycles. The van der Waals surface area contributed by atoms with Crippen molar-refractivity contribution in [1.82, 2.24) is 19.5 Å². The zero-order valence-electron chi connectivity index (χ0n) is 23.7. The molecule has 0 unspecified atom stereocenters. The van der Waals surface area contributed by atoms with E-state index in [1.165, 1.54) is 6.33 Å². The van der Waals surface area contributed by atoms with Gasteiger partial charge in [-0.2, -0.15) is 0 Å². The summed E-state index contributed by atoms with van der Waals surface area (Å²) in [7, 11) is 1.67. The van der Waals surface area contributed by atoms with Crippen molar-refractivity contribution in [2.45, 2.75) is 44.4 Å². The zero-order chi connectivity index (χ0) is 28.8. The number of nitrogens with two attached hydrogens (primary N) is 1. The van der Waals surface area contributed by atoms with E-state index >= 15 is 0 Å². The number of fused-ring (bicyclic) bond motifs is 3. The van der Waals surface area contributed by atoms with Gasteiger partial charge in [-0.05, 0) is 67.4 Å². The van der Waals surface area contributed by atoms with Crippen LogP contribution >= 0.6 is 0 Å². The average Bonchev–Trinajstić information content (AvgIpc) is 3.66. The molecule has 214 valence electrons. The lowest BCUT2D eigenvalue weighted by Crippen LogP contribution is -2.28. The summed E-state index contributed by atoms with van der Waals surface area (Å²) in [4.78, 5) is 13.5. The molecule has 5 aromatic rings. The first kappa shape index (κ1) is 26.2. The van der Waals surface area contributed by atoms with E-state index in [0.717, 1.165) is 50.3 Å². The fourth-order valence-electron chi connectivity index (χ4n) is 5.83. The molecule has 1 fully saturated rings. The predicted octanol–water partition coefficient (Wildman–Crippen LogP) is 5.30. The van der Waals surface area contributed by atoms with Crippen LogP contribution < -0.4 is 21.1 Å². The first-order valence-electron chi connectivity index (χ1n) is 14.0. The highest BCUT2D eigenvalue weighted by molar-refractivity contribution is 5.86. The molecule has 0 saturated carbocycles. The summed E-state index contributed by atoms with van der Waals surface area (Å²) >= 11 is 0. The second-order valence-corrected chi connectivity index (χ2v) is 11.1. The summed E-state index contributed by atoms with van der Waals surface area (Å²) in [5.41, 5.74) is 11.1. The number of hydrogen-bond acceptors (Lipinski definition) is 9. The number of ether oxygens (including phenoxy) is 3. The van der Waals surface area contributed by atoms with Gasteiger partial charge in [0.05, 0.1) is 24.1 Å². The first-order valence-corrected chi connectivity index (χ1v) is 14.0. The van der Waals surface area contributed by atoms with Crippen LogP contribution in [0, 0.1) is 0 Å². The van der Waals surface area contributed by atoms with Gasteiger partial charge in [0.15, 0.2) is 5.79 Å². The number of nitrogens with zero attached hydrogens (tertiary/aromatic N) is 4. The molecular formula is C32H33N7O3. The third kappa shape index (κ3) is 4.88.